The van der Waals surface area contributed by atoms with Crippen LogP contribution in [0.3, 0.4) is 0 Å². The number of anilines is 2. The Hall–Kier alpha value is -2.07. The van der Waals surface area contributed by atoms with Crippen LogP contribution < -0.4 is 10.2 Å². The second-order valence-corrected chi connectivity index (χ2v) is 9.23. The van der Waals surface area contributed by atoms with Gasteiger partial charge in [-0.15, -0.1) is 0 Å². The average molecular weight is 515 g/mol. The van der Waals surface area contributed by atoms with Crippen molar-refractivity contribution in [2.75, 3.05) is 63.7 Å². The lowest BCUT2D eigenvalue weighted by Gasteiger charge is -2.30. The highest BCUT2D eigenvalue weighted by Crippen LogP contribution is 2.36. The Morgan fingerprint density at radius 1 is 1.12 bits per heavy atom. The van der Waals surface area contributed by atoms with Crippen molar-refractivity contribution < 1.29 is 17.9 Å². The highest BCUT2D eigenvalue weighted by molar-refractivity contribution is 7.80. The molecule has 0 saturated carbocycles. The van der Waals surface area contributed by atoms with Gasteiger partial charge in [-0.05, 0) is 54.5 Å². The summed E-state index contributed by atoms with van der Waals surface area (Å²) >= 11 is 11.6. The summed E-state index contributed by atoms with van der Waals surface area (Å²) in [5, 5.41) is 3.24. The first-order valence-corrected chi connectivity index (χ1v) is 11.9. The number of nitrogens with zero attached hydrogens (tertiary/aromatic N) is 3. The van der Waals surface area contributed by atoms with E-state index in [1.54, 1.807) is 0 Å². The zero-order chi connectivity index (χ0) is 24.7. The van der Waals surface area contributed by atoms with Crippen molar-refractivity contribution in [2.45, 2.75) is 19.1 Å². The number of benzene rings is 2. The molecule has 0 atom stereocenters. The molecule has 1 fully saturated rings. The van der Waals surface area contributed by atoms with Gasteiger partial charge < -0.3 is 19.9 Å². The second kappa shape index (κ2) is 12.1. The first-order chi connectivity index (χ1) is 16.1. The Kier molecular flexibility index (Phi) is 9.41. The van der Waals surface area contributed by atoms with Gasteiger partial charge in [0.25, 0.3) is 0 Å². The van der Waals surface area contributed by atoms with E-state index in [-0.39, 0.29) is 15.8 Å². The van der Waals surface area contributed by atoms with Crippen LogP contribution in [0.4, 0.5) is 24.5 Å². The molecule has 0 aromatic heterocycles. The predicted molar refractivity (Wildman–Crippen MR) is 136 cm³/mol. The van der Waals surface area contributed by atoms with Gasteiger partial charge >= 0.3 is 6.18 Å². The van der Waals surface area contributed by atoms with Gasteiger partial charge in [0, 0.05) is 57.5 Å². The molecule has 0 radical (unpaired) electrons. The zero-order valence-corrected chi connectivity index (χ0v) is 20.9. The maximum atomic E-state index is 13.5. The minimum absolute atomic E-state index is 0.147. The third-order valence-electron chi connectivity index (χ3n) is 5.65. The minimum atomic E-state index is -4.52. The summed E-state index contributed by atoms with van der Waals surface area (Å²) in [6, 6.07) is 11.5. The minimum Gasteiger partial charge on any atom is -0.379 e. The number of thiocarbonyl (C=S) groups is 1. The molecule has 1 N–H and O–H groups in total. The quantitative estimate of drug-likeness (QED) is 0.478. The van der Waals surface area contributed by atoms with Gasteiger partial charge in [-0.25, -0.2) is 0 Å². The summed E-state index contributed by atoms with van der Waals surface area (Å²) in [5.41, 5.74) is 1.13. The number of hydrogen-bond acceptors (Lipinski definition) is 4. The van der Waals surface area contributed by atoms with Gasteiger partial charge in [0.2, 0.25) is 0 Å². The average Bonchev–Trinajstić information content (AvgIpc) is 2.78. The van der Waals surface area contributed by atoms with Gasteiger partial charge in [0.15, 0.2) is 5.11 Å². The number of morpholine rings is 1. The molecule has 0 unspecified atom stereocenters. The monoisotopic (exact) mass is 514 g/mol. The molecule has 0 bridgehead atoms. The third-order valence-corrected chi connectivity index (χ3v) is 6.24. The van der Waals surface area contributed by atoms with Crippen LogP contribution in [-0.2, 0) is 17.5 Å². The fraction of sp³-hybridized carbons (Fsp3) is 0.458. The topological polar surface area (TPSA) is 31.0 Å². The highest BCUT2D eigenvalue weighted by atomic mass is 35.5. The Balaban J connectivity index is 1.75. The van der Waals surface area contributed by atoms with Crippen LogP contribution in [0.5, 0.6) is 0 Å². The highest BCUT2D eigenvalue weighted by Gasteiger charge is 2.34. The summed E-state index contributed by atoms with van der Waals surface area (Å²) < 4.78 is 46.0. The predicted octanol–water partition coefficient (Wildman–Crippen LogP) is 5.35. The van der Waals surface area contributed by atoms with E-state index in [1.807, 2.05) is 48.2 Å². The van der Waals surface area contributed by atoms with E-state index in [2.05, 4.69) is 10.2 Å². The molecule has 1 saturated heterocycles. The summed E-state index contributed by atoms with van der Waals surface area (Å²) in [6.45, 7) is 5.14. The number of alkyl halides is 3. The number of rotatable bonds is 8. The molecule has 34 heavy (non-hydrogen) atoms. The molecule has 10 heteroatoms. The first-order valence-electron chi connectivity index (χ1n) is 11.1. The number of ether oxygens (including phenoxy) is 1. The molecule has 2 aromatic rings. The van der Waals surface area contributed by atoms with Crippen LogP contribution in [-0.4, -0.2) is 68.4 Å². The fourth-order valence-electron chi connectivity index (χ4n) is 3.74. The van der Waals surface area contributed by atoms with E-state index in [1.165, 1.54) is 12.1 Å². The molecular formula is C24H30ClF3N4OS. The van der Waals surface area contributed by atoms with Gasteiger partial charge in [0.05, 0.1) is 24.5 Å². The van der Waals surface area contributed by atoms with Gasteiger partial charge in [-0.1, -0.05) is 23.7 Å². The van der Waals surface area contributed by atoms with Crippen molar-refractivity contribution in [1.29, 1.82) is 0 Å². The summed E-state index contributed by atoms with van der Waals surface area (Å²) in [5.74, 6) is 0. The third kappa shape index (κ3) is 7.73. The number of nitrogens with one attached hydrogen (secondary N) is 1. The summed E-state index contributed by atoms with van der Waals surface area (Å²) in [7, 11) is 3.93. The van der Waals surface area contributed by atoms with E-state index in [0.29, 0.717) is 13.1 Å². The van der Waals surface area contributed by atoms with Crippen LogP contribution in [0, 0.1) is 0 Å². The molecule has 1 aliphatic heterocycles. The maximum Gasteiger partial charge on any atom is 0.418 e. The van der Waals surface area contributed by atoms with E-state index < -0.39 is 11.7 Å². The maximum absolute atomic E-state index is 13.5. The Bertz CT molecular complexity index is 950. The van der Waals surface area contributed by atoms with Gasteiger partial charge in [0.1, 0.15) is 0 Å². The molecule has 3 rings (SSSR count). The van der Waals surface area contributed by atoms with E-state index in [4.69, 9.17) is 28.6 Å². The number of halogens is 4. The Labute approximate surface area is 209 Å². The molecule has 2 aromatic carbocycles. The van der Waals surface area contributed by atoms with Crippen LogP contribution in [0.25, 0.3) is 0 Å². The SMILES string of the molecule is CN(C)c1ccc(CN(CCCN2CCOCC2)C(=S)Nc2cc(Cl)ccc2C(F)(F)F)cc1. The normalized spacial score (nSPS) is 14.6. The van der Waals surface area contributed by atoms with Crippen LogP contribution >= 0.6 is 23.8 Å². The second-order valence-electron chi connectivity index (χ2n) is 8.41. The summed E-state index contributed by atoms with van der Waals surface area (Å²) in [4.78, 5) is 6.23. The lowest BCUT2D eigenvalue weighted by Crippen LogP contribution is -2.40. The lowest BCUT2D eigenvalue weighted by molar-refractivity contribution is -0.136. The molecule has 5 nitrogen and oxygen atoms in total. The summed E-state index contributed by atoms with van der Waals surface area (Å²) in [6.07, 6.45) is -3.70. The van der Waals surface area contributed by atoms with Crippen molar-refractivity contribution in [2.24, 2.45) is 0 Å². The Morgan fingerprint density at radius 2 is 1.79 bits per heavy atom. The standard InChI is InChI=1S/C24H30ClF3N4OS/c1-30(2)20-7-4-18(5-8-20)17-32(11-3-10-31-12-14-33-15-13-31)23(34)29-22-16-19(25)6-9-21(22)24(26,27)28/h4-9,16H,3,10-15,17H2,1-2H3,(H,29,34). The molecule has 0 aliphatic carbocycles. The molecule has 186 valence electrons. The largest absolute Gasteiger partial charge is 0.418 e. The van der Waals surface area contributed by atoms with Crippen LogP contribution in [0.2, 0.25) is 5.02 Å². The lowest BCUT2D eigenvalue weighted by atomic mass is 10.1. The van der Waals surface area contributed by atoms with Crippen molar-refractivity contribution >= 4 is 40.3 Å². The van der Waals surface area contributed by atoms with Crippen molar-refractivity contribution in [3.05, 3.63) is 58.6 Å². The molecular weight excluding hydrogens is 485 g/mol. The smallest absolute Gasteiger partial charge is 0.379 e. The molecule has 1 heterocycles. The van der Waals surface area contributed by atoms with E-state index >= 15 is 0 Å². The van der Waals surface area contributed by atoms with Crippen molar-refractivity contribution in [3.8, 4) is 0 Å². The van der Waals surface area contributed by atoms with Gasteiger partial charge in [-0.3, -0.25) is 4.90 Å². The van der Waals surface area contributed by atoms with Crippen LogP contribution in [0.1, 0.15) is 17.5 Å². The van der Waals surface area contributed by atoms with Gasteiger partial charge in [-0.2, -0.15) is 13.2 Å². The fourth-order valence-corrected chi connectivity index (χ4v) is 4.18. The van der Waals surface area contributed by atoms with Crippen molar-refractivity contribution in [3.63, 3.8) is 0 Å². The first kappa shape index (κ1) is 26.5. The molecule has 0 amide bonds. The molecule has 1 aliphatic rings. The van der Waals surface area contributed by atoms with E-state index in [0.717, 1.165) is 56.6 Å². The molecule has 0 spiro atoms. The number of hydrogen-bond donors (Lipinski definition) is 1. The zero-order valence-electron chi connectivity index (χ0n) is 19.4. The van der Waals surface area contributed by atoms with Crippen molar-refractivity contribution in [1.82, 2.24) is 9.80 Å². The van der Waals surface area contributed by atoms with E-state index in [9.17, 15) is 13.2 Å². The van der Waals surface area contributed by atoms with Crippen LogP contribution in [0.15, 0.2) is 42.5 Å². The Morgan fingerprint density at radius 3 is 2.41 bits per heavy atom.